The average molecular weight is 281 g/mol. The predicted octanol–water partition coefficient (Wildman–Crippen LogP) is 3.00. The molecule has 1 aromatic carbocycles. The van der Waals surface area contributed by atoms with Crippen LogP contribution in [0.4, 0.5) is 0 Å². The van der Waals surface area contributed by atoms with E-state index in [0.717, 1.165) is 49.6 Å². The largest absolute Gasteiger partial charge is 0.497 e. The Labute approximate surface area is 122 Å². The molecular formula is C16H27NO3. The molecule has 0 aliphatic carbocycles. The maximum Gasteiger partial charge on any atom is 0.127 e. The molecule has 1 N–H and O–H groups in total. The van der Waals surface area contributed by atoms with Gasteiger partial charge in [0.1, 0.15) is 18.1 Å². The van der Waals surface area contributed by atoms with Gasteiger partial charge in [-0.2, -0.15) is 0 Å². The molecule has 4 nitrogen and oxygen atoms in total. The third kappa shape index (κ3) is 6.26. The van der Waals surface area contributed by atoms with Crippen LogP contribution >= 0.6 is 0 Å². The van der Waals surface area contributed by atoms with Crippen LogP contribution in [0.2, 0.25) is 0 Å². The molecule has 0 aliphatic rings. The Kier molecular flexibility index (Phi) is 8.83. The van der Waals surface area contributed by atoms with Gasteiger partial charge >= 0.3 is 0 Å². The van der Waals surface area contributed by atoms with Crippen molar-refractivity contribution in [1.82, 2.24) is 5.32 Å². The number of rotatable bonds is 11. The lowest BCUT2D eigenvalue weighted by molar-refractivity contribution is 0.0976. The first-order valence-corrected chi connectivity index (χ1v) is 7.40. The monoisotopic (exact) mass is 281 g/mol. The van der Waals surface area contributed by atoms with Gasteiger partial charge in [-0.25, -0.2) is 0 Å². The number of ether oxygens (including phenoxy) is 3. The van der Waals surface area contributed by atoms with Crippen molar-refractivity contribution in [1.29, 1.82) is 0 Å². The molecule has 20 heavy (non-hydrogen) atoms. The second-order valence-corrected chi connectivity index (χ2v) is 4.57. The van der Waals surface area contributed by atoms with Crippen molar-refractivity contribution >= 4 is 0 Å². The summed E-state index contributed by atoms with van der Waals surface area (Å²) in [5, 5.41) is 3.31. The number of benzene rings is 1. The fourth-order valence-electron chi connectivity index (χ4n) is 1.76. The van der Waals surface area contributed by atoms with E-state index < -0.39 is 0 Å². The van der Waals surface area contributed by atoms with Crippen LogP contribution in [-0.2, 0) is 11.3 Å². The van der Waals surface area contributed by atoms with Crippen LogP contribution in [0.3, 0.4) is 0 Å². The van der Waals surface area contributed by atoms with Crippen molar-refractivity contribution in [3.05, 3.63) is 23.8 Å². The molecule has 1 aromatic rings. The molecule has 0 amide bonds. The van der Waals surface area contributed by atoms with Crippen molar-refractivity contribution in [3.8, 4) is 11.5 Å². The zero-order valence-corrected chi connectivity index (χ0v) is 12.9. The summed E-state index contributed by atoms with van der Waals surface area (Å²) < 4.78 is 16.6. The molecule has 0 aliphatic heterocycles. The molecule has 0 atom stereocenters. The number of methoxy groups -OCH3 is 1. The fourth-order valence-corrected chi connectivity index (χ4v) is 1.76. The van der Waals surface area contributed by atoms with E-state index in [0.29, 0.717) is 13.2 Å². The van der Waals surface area contributed by atoms with Crippen LogP contribution in [0, 0.1) is 0 Å². The third-order valence-corrected chi connectivity index (χ3v) is 2.97. The quantitative estimate of drug-likeness (QED) is 0.633. The summed E-state index contributed by atoms with van der Waals surface area (Å²) in [5.41, 5.74) is 1.14. The molecule has 0 saturated heterocycles. The van der Waals surface area contributed by atoms with Crippen molar-refractivity contribution in [2.45, 2.75) is 33.2 Å². The van der Waals surface area contributed by atoms with Gasteiger partial charge in [0.15, 0.2) is 0 Å². The molecule has 0 fully saturated rings. The highest BCUT2D eigenvalue weighted by atomic mass is 16.5. The van der Waals surface area contributed by atoms with Crippen LogP contribution in [0.1, 0.15) is 32.3 Å². The highest BCUT2D eigenvalue weighted by Crippen LogP contribution is 2.24. The second kappa shape index (κ2) is 10.5. The maximum absolute atomic E-state index is 5.81. The SMILES string of the molecule is CCCCOCCOc1cc(OC)ccc1CNCC. The lowest BCUT2D eigenvalue weighted by Gasteiger charge is -2.13. The van der Waals surface area contributed by atoms with E-state index in [-0.39, 0.29) is 0 Å². The zero-order chi connectivity index (χ0) is 14.6. The minimum absolute atomic E-state index is 0.565. The van der Waals surface area contributed by atoms with Gasteiger partial charge in [0.05, 0.1) is 13.7 Å². The molecule has 0 bridgehead atoms. The summed E-state index contributed by atoms with van der Waals surface area (Å²) >= 11 is 0. The van der Waals surface area contributed by atoms with Gasteiger partial charge < -0.3 is 19.5 Å². The van der Waals surface area contributed by atoms with Crippen LogP contribution in [0.15, 0.2) is 18.2 Å². The minimum atomic E-state index is 0.565. The highest BCUT2D eigenvalue weighted by Gasteiger charge is 2.05. The van der Waals surface area contributed by atoms with E-state index in [1.54, 1.807) is 7.11 Å². The van der Waals surface area contributed by atoms with Gasteiger partial charge in [0.2, 0.25) is 0 Å². The zero-order valence-electron chi connectivity index (χ0n) is 12.9. The van der Waals surface area contributed by atoms with E-state index in [9.17, 15) is 0 Å². The van der Waals surface area contributed by atoms with Gasteiger partial charge in [-0.1, -0.05) is 26.3 Å². The van der Waals surface area contributed by atoms with Gasteiger partial charge in [-0.3, -0.25) is 0 Å². The molecule has 4 heteroatoms. The molecular weight excluding hydrogens is 254 g/mol. The lowest BCUT2D eigenvalue weighted by Crippen LogP contribution is -2.14. The van der Waals surface area contributed by atoms with Crippen LogP contribution in [0.25, 0.3) is 0 Å². The summed E-state index contributed by atoms with van der Waals surface area (Å²) in [4.78, 5) is 0. The first-order valence-electron chi connectivity index (χ1n) is 7.40. The molecule has 1 rings (SSSR count). The minimum Gasteiger partial charge on any atom is -0.497 e. The number of hydrogen-bond donors (Lipinski definition) is 1. The Morgan fingerprint density at radius 1 is 1.10 bits per heavy atom. The fraction of sp³-hybridized carbons (Fsp3) is 0.625. The van der Waals surface area contributed by atoms with E-state index in [2.05, 4.69) is 19.2 Å². The van der Waals surface area contributed by atoms with Crippen LogP contribution in [-0.4, -0.2) is 33.5 Å². The Bertz CT molecular complexity index is 369. The van der Waals surface area contributed by atoms with Crippen molar-refractivity contribution in [2.24, 2.45) is 0 Å². The standard InChI is InChI=1S/C16H27NO3/c1-4-6-9-19-10-11-20-16-12-15(18-3)8-7-14(16)13-17-5-2/h7-8,12,17H,4-6,9-11,13H2,1-3H3. The Morgan fingerprint density at radius 3 is 2.65 bits per heavy atom. The van der Waals surface area contributed by atoms with Crippen molar-refractivity contribution in [2.75, 3.05) is 33.5 Å². The molecule has 0 radical (unpaired) electrons. The summed E-state index contributed by atoms with van der Waals surface area (Å²) in [7, 11) is 1.66. The summed E-state index contributed by atoms with van der Waals surface area (Å²) in [6, 6.07) is 5.92. The van der Waals surface area contributed by atoms with E-state index in [4.69, 9.17) is 14.2 Å². The Balaban J connectivity index is 2.47. The maximum atomic E-state index is 5.81. The second-order valence-electron chi connectivity index (χ2n) is 4.57. The molecule has 0 heterocycles. The molecule has 0 aromatic heterocycles. The molecule has 0 spiro atoms. The summed E-state index contributed by atoms with van der Waals surface area (Å²) in [6.07, 6.45) is 2.26. The summed E-state index contributed by atoms with van der Waals surface area (Å²) in [5.74, 6) is 1.68. The van der Waals surface area contributed by atoms with E-state index in [1.165, 1.54) is 0 Å². The smallest absolute Gasteiger partial charge is 0.127 e. The lowest BCUT2D eigenvalue weighted by atomic mass is 10.2. The normalized spacial score (nSPS) is 10.6. The van der Waals surface area contributed by atoms with Crippen molar-refractivity contribution in [3.63, 3.8) is 0 Å². The first kappa shape index (κ1) is 16.8. The number of hydrogen-bond acceptors (Lipinski definition) is 4. The Hall–Kier alpha value is -1.26. The van der Waals surface area contributed by atoms with Gasteiger partial charge in [-0.15, -0.1) is 0 Å². The van der Waals surface area contributed by atoms with Gasteiger partial charge in [0.25, 0.3) is 0 Å². The van der Waals surface area contributed by atoms with Crippen LogP contribution < -0.4 is 14.8 Å². The first-order chi connectivity index (χ1) is 9.81. The van der Waals surface area contributed by atoms with Gasteiger partial charge in [0, 0.05) is 24.8 Å². The number of unbranched alkanes of at least 4 members (excludes halogenated alkanes) is 1. The van der Waals surface area contributed by atoms with Crippen LogP contribution in [0.5, 0.6) is 11.5 Å². The predicted molar refractivity (Wildman–Crippen MR) is 81.6 cm³/mol. The third-order valence-electron chi connectivity index (χ3n) is 2.97. The molecule has 0 saturated carbocycles. The van der Waals surface area contributed by atoms with E-state index in [1.807, 2.05) is 18.2 Å². The number of nitrogens with one attached hydrogen (secondary N) is 1. The Morgan fingerprint density at radius 2 is 1.95 bits per heavy atom. The topological polar surface area (TPSA) is 39.7 Å². The highest BCUT2D eigenvalue weighted by molar-refractivity contribution is 5.40. The van der Waals surface area contributed by atoms with Gasteiger partial charge in [-0.05, 0) is 19.0 Å². The van der Waals surface area contributed by atoms with E-state index >= 15 is 0 Å². The van der Waals surface area contributed by atoms with Crippen molar-refractivity contribution < 1.29 is 14.2 Å². The average Bonchev–Trinajstić information content (AvgIpc) is 2.49. The molecule has 114 valence electrons. The molecule has 0 unspecified atom stereocenters. The summed E-state index contributed by atoms with van der Waals surface area (Å²) in [6.45, 7) is 7.98.